The number of nitrogens with zero attached hydrogens (tertiary/aromatic N) is 1. The highest BCUT2D eigenvalue weighted by molar-refractivity contribution is 7.89. The van der Waals surface area contributed by atoms with Crippen LogP contribution in [0.5, 0.6) is 0 Å². The van der Waals surface area contributed by atoms with Gasteiger partial charge in [0.15, 0.2) is 0 Å². The molecule has 166 valence electrons. The Morgan fingerprint density at radius 1 is 1.00 bits per heavy atom. The number of carbonyl (C=O) groups is 2. The Morgan fingerprint density at radius 3 is 2.32 bits per heavy atom. The van der Waals surface area contributed by atoms with Crippen LogP contribution in [0.1, 0.15) is 30.4 Å². The molecular weight excluding hydrogens is 438 g/mol. The molecule has 1 heterocycles. The average Bonchev–Trinajstić information content (AvgIpc) is 2.76. The molecule has 9 heteroatoms. The number of amides is 2. The van der Waals surface area contributed by atoms with E-state index in [-0.39, 0.29) is 11.4 Å². The third kappa shape index (κ3) is 6.06. The molecule has 3 rings (SSSR count). The lowest BCUT2D eigenvalue weighted by Gasteiger charge is -2.25. The maximum Gasteiger partial charge on any atom is 0.313 e. The summed E-state index contributed by atoms with van der Waals surface area (Å²) < 4.78 is 26.9. The Labute approximate surface area is 187 Å². The zero-order valence-corrected chi connectivity index (χ0v) is 18.9. The highest BCUT2D eigenvalue weighted by atomic mass is 35.5. The van der Waals surface area contributed by atoms with Crippen molar-refractivity contribution in [3.8, 4) is 0 Å². The summed E-state index contributed by atoms with van der Waals surface area (Å²) in [6.07, 6.45) is 3.32. The van der Waals surface area contributed by atoms with E-state index in [1.165, 1.54) is 4.31 Å². The first kappa shape index (κ1) is 23.2. The number of hydrogen-bond donors (Lipinski definition) is 2. The van der Waals surface area contributed by atoms with Crippen molar-refractivity contribution in [2.24, 2.45) is 0 Å². The number of rotatable bonds is 6. The van der Waals surface area contributed by atoms with Crippen molar-refractivity contribution < 1.29 is 18.0 Å². The summed E-state index contributed by atoms with van der Waals surface area (Å²) in [4.78, 5) is 24.4. The zero-order chi connectivity index (χ0) is 22.4. The minimum Gasteiger partial charge on any atom is -0.347 e. The molecule has 0 saturated carbocycles. The van der Waals surface area contributed by atoms with E-state index in [2.05, 4.69) is 10.6 Å². The van der Waals surface area contributed by atoms with Gasteiger partial charge < -0.3 is 10.6 Å². The summed E-state index contributed by atoms with van der Waals surface area (Å²) in [5.74, 6) is -1.49. The first-order valence-corrected chi connectivity index (χ1v) is 12.0. The van der Waals surface area contributed by atoms with Gasteiger partial charge in [-0.25, -0.2) is 8.42 Å². The molecule has 0 atom stereocenters. The molecular formula is C22H26ClN3O4S. The molecule has 1 saturated heterocycles. The third-order valence-electron chi connectivity index (χ3n) is 5.22. The topological polar surface area (TPSA) is 95.6 Å². The highest BCUT2D eigenvalue weighted by Crippen LogP contribution is 2.21. The van der Waals surface area contributed by atoms with Crippen molar-refractivity contribution in [3.63, 3.8) is 0 Å². The van der Waals surface area contributed by atoms with Gasteiger partial charge in [0.1, 0.15) is 0 Å². The summed E-state index contributed by atoms with van der Waals surface area (Å²) in [5, 5.41) is 5.69. The summed E-state index contributed by atoms with van der Waals surface area (Å²) in [6.45, 7) is 3.17. The predicted molar refractivity (Wildman–Crippen MR) is 121 cm³/mol. The molecule has 7 nitrogen and oxygen atoms in total. The van der Waals surface area contributed by atoms with Gasteiger partial charge in [-0.15, -0.1) is 0 Å². The van der Waals surface area contributed by atoms with E-state index in [0.29, 0.717) is 30.2 Å². The summed E-state index contributed by atoms with van der Waals surface area (Å²) in [5.41, 5.74) is 2.15. The molecule has 0 aliphatic carbocycles. The van der Waals surface area contributed by atoms with Crippen LogP contribution in [0.3, 0.4) is 0 Å². The van der Waals surface area contributed by atoms with Crippen LogP contribution >= 0.6 is 11.6 Å². The van der Waals surface area contributed by atoms with E-state index in [1.807, 2.05) is 0 Å². The van der Waals surface area contributed by atoms with Crippen molar-refractivity contribution in [3.05, 3.63) is 58.6 Å². The molecule has 2 aromatic carbocycles. The smallest absolute Gasteiger partial charge is 0.313 e. The van der Waals surface area contributed by atoms with E-state index in [0.717, 1.165) is 30.4 Å². The normalized spacial score (nSPS) is 14.8. The van der Waals surface area contributed by atoms with Gasteiger partial charge in [0, 0.05) is 30.3 Å². The van der Waals surface area contributed by atoms with E-state index in [4.69, 9.17) is 11.6 Å². The lowest BCUT2D eigenvalue weighted by atomic mass is 10.1. The van der Waals surface area contributed by atoms with Gasteiger partial charge in [-0.05, 0) is 67.6 Å². The van der Waals surface area contributed by atoms with Crippen molar-refractivity contribution in [1.29, 1.82) is 0 Å². The van der Waals surface area contributed by atoms with Gasteiger partial charge in [-0.1, -0.05) is 30.2 Å². The monoisotopic (exact) mass is 463 g/mol. The molecule has 0 aromatic heterocycles. The van der Waals surface area contributed by atoms with Crippen LogP contribution in [-0.2, 0) is 26.0 Å². The Morgan fingerprint density at radius 2 is 1.68 bits per heavy atom. The number of nitrogens with one attached hydrogen (secondary N) is 2. The van der Waals surface area contributed by atoms with Crippen LogP contribution < -0.4 is 10.6 Å². The van der Waals surface area contributed by atoms with E-state index in [1.54, 1.807) is 49.4 Å². The number of benzene rings is 2. The van der Waals surface area contributed by atoms with Crippen molar-refractivity contribution >= 4 is 39.1 Å². The Kier molecular flexibility index (Phi) is 7.69. The SMILES string of the molecule is Cc1cc(Cl)ccc1NC(=O)C(=O)NCCc1ccc(S(=O)(=O)N2CCCCC2)cc1. The lowest BCUT2D eigenvalue weighted by molar-refractivity contribution is -0.136. The van der Waals surface area contributed by atoms with Crippen molar-refractivity contribution in [2.75, 3.05) is 25.0 Å². The van der Waals surface area contributed by atoms with Crippen LogP contribution in [0.2, 0.25) is 5.02 Å². The van der Waals surface area contributed by atoms with Crippen molar-refractivity contribution in [1.82, 2.24) is 9.62 Å². The Balaban J connectivity index is 1.50. The standard InChI is InChI=1S/C22H26ClN3O4S/c1-16-15-18(23)7-10-20(16)25-22(28)21(27)24-12-11-17-5-8-19(9-6-17)31(29,30)26-13-3-2-4-14-26/h5-10,15H,2-4,11-14H2,1H3,(H,24,27)(H,25,28). The molecule has 0 radical (unpaired) electrons. The second-order valence-electron chi connectivity index (χ2n) is 7.53. The molecule has 31 heavy (non-hydrogen) atoms. The largest absolute Gasteiger partial charge is 0.347 e. The number of sulfonamides is 1. The Bertz CT molecular complexity index is 1050. The van der Waals surface area contributed by atoms with Crippen LogP contribution in [0, 0.1) is 6.92 Å². The van der Waals surface area contributed by atoms with Gasteiger partial charge in [-0.2, -0.15) is 4.31 Å². The molecule has 0 spiro atoms. The summed E-state index contributed by atoms with van der Waals surface area (Å²) >= 11 is 5.89. The minimum absolute atomic E-state index is 0.254. The first-order valence-electron chi connectivity index (χ1n) is 10.2. The number of piperidine rings is 1. The average molecular weight is 464 g/mol. The molecule has 1 fully saturated rings. The fraction of sp³-hybridized carbons (Fsp3) is 0.364. The number of carbonyl (C=O) groups excluding carboxylic acids is 2. The van der Waals surface area contributed by atoms with Gasteiger partial charge >= 0.3 is 11.8 Å². The third-order valence-corrected chi connectivity index (χ3v) is 7.37. The van der Waals surface area contributed by atoms with E-state index in [9.17, 15) is 18.0 Å². The van der Waals surface area contributed by atoms with Crippen LogP contribution in [0.4, 0.5) is 5.69 Å². The summed E-state index contributed by atoms with van der Waals surface area (Å²) in [7, 11) is -3.46. The van der Waals surface area contributed by atoms with Crippen LogP contribution in [0.15, 0.2) is 47.4 Å². The van der Waals surface area contributed by atoms with E-state index >= 15 is 0 Å². The maximum absolute atomic E-state index is 12.7. The highest BCUT2D eigenvalue weighted by Gasteiger charge is 2.25. The second kappa shape index (κ2) is 10.3. The fourth-order valence-electron chi connectivity index (χ4n) is 3.43. The van der Waals surface area contributed by atoms with Crippen LogP contribution in [0.25, 0.3) is 0 Å². The summed E-state index contributed by atoms with van der Waals surface area (Å²) in [6, 6.07) is 11.6. The van der Waals surface area contributed by atoms with Crippen LogP contribution in [-0.4, -0.2) is 44.2 Å². The van der Waals surface area contributed by atoms with Gasteiger partial charge in [0.25, 0.3) is 0 Å². The minimum atomic E-state index is -3.46. The van der Waals surface area contributed by atoms with Gasteiger partial charge in [0.05, 0.1) is 4.90 Å². The molecule has 1 aliphatic heterocycles. The number of halogens is 1. The molecule has 2 N–H and O–H groups in total. The molecule has 2 aromatic rings. The molecule has 0 unspecified atom stereocenters. The Hall–Kier alpha value is -2.42. The van der Waals surface area contributed by atoms with Gasteiger partial charge in [0.2, 0.25) is 10.0 Å². The fourth-order valence-corrected chi connectivity index (χ4v) is 5.17. The molecule has 0 bridgehead atoms. The maximum atomic E-state index is 12.7. The molecule has 1 aliphatic rings. The predicted octanol–water partition coefficient (Wildman–Crippen LogP) is 3.12. The number of hydrogen-bond acceptors (Lipinski definition) is 4. The van der Waals surface area contributed by atoms with E-state index < -0.39 is 21.8 Å². The molecule has 2 amide bonds. The number of anilines is 1. The lowest BCUT2D eigenvalue weighted by Crippen LogP contribution is -2.36. The van der Waals surface area contributed by atoms with Gasteiger partial charge in [-0.3, -0.25) is 9.59 Å². The number of aryl methyl sites for hydroxylation is 1. The zero-order valence-electron chi connectivity index (χ0n) is 17.4. The first-order chi connectivity index (χ1) is 14.8. The second-order valence-corrected chi connectivity index (χ2v) is 9.90. The van der Waals surface area contributed by atoms with Crippen molar-refractivity contribution in [2.45, 2.75) is 37.5 Å². The quantitative estimate of drug-likeness (QED) is 0.643.